The van der Waals surface area contributed by atoms with Crippen molar-refractivity contribution in [2.45, 2.75) is 45.2 Å². The van der Waals surface area contributed by atoms with E-state index in [0.29, 0.717) is 6.04 Å². The number of aryl methyl sites for hydroxylation is 2. The fourth-order valence-electron chi connectivity index (χ4n) is 4.61. The van der Waals surface area contributed by atoms with E-state index in [1.165, 1.54) is 33.6 Å². The molecule has 1 aromatic heterocycles. The number of H-pyrrole nitrogens is 1. The van der Waals surface area contributed by atoms with E-state index in [-0.39, 0.29) is 5.82 Å². The van der Waals surface area contributed by atoms with Gasteiger partial charge in [-0.2, -0.15) is 0 Å². The van der Waals surface area contributed by atoms with Crippen LogP contribution in [0.15, 0.2) is 42.5 Å². The number of benzene rings is 2. The standard InChI is InChI=1S/C23H24FN3/c1-15-4-2-3-5-20(15)23-25-21-10-11-27(14-22(21)26-23)19-9-7-16-6-8-18(24)12-17(16)13-19/h2-6,8,12,19H,7,9-11,13-14H2,1H3,(H,25,26). The van der Waals surface area contributed by atoms with Gasteiger partial charge in [-0.05, 0) is 55.0 Å². The van der Waals surface area contributed by atoms with Crippen molar-refractivity contribution in [3.8, 4) is 11.4 Å². The molecule has 138 valence electrons. The van der Waals surface area contributed by atoms with Crippen molar-refractivity contribution in [1.82, 2.24) is 14.9 Å². The molecule has 0 saturated heterocycles. The number of hydrogen-bond acceptors (Lipinski definition) is 2. The molecule has 3 aromatic rings. The van der Waals surface area contributed by atoms with Crippen LogP contribution >= 0.6 is 0 Å². The second-order valence-corrected chi connectivity index (χ2v) is 7.86. The van der Waals surface area contributed by atoms with Crippen molar-refractivity contribution in [3.05, 3.63) is 76.4 Å². The van der Waals surface area contributed by atoms with E-state index in [1.54, 1.807) is 12.1 Å². The largest absolute Gasteiger partial charge is 0.341 e. The Morgan fingerprint density at radius 1 is 1.11 bits per heavy atom. The van der Waals surface area contributed by atoms with Gasteiger partial charge in [0.2, 0.25) is 0 Å². The van der Waals surface area contributed by atoms with Crippen molar-refractivity contribution < 1.29 is 4.39 Å². The summed E-state index contributed by atoms with van der Waals surface area (Å²) in [6.07, 6.45) is 4.11. The summed E-state index contributed by atoms with van der Waals surface area (Å²) in [4.78, 5) is 11.0. The molecule has 3 nitrogen and oxygen atoms in total. The second kappa shape index (κ2) is 6.61. The molecule has 0 bridgehead atoms. The summed E-state index contributed by atoms with van der Waals surface area (Å²) < 4.78 is 13.6. The highest BCUT2D eigenvalue weighted by atomic mass is 19.1. The number of aromatic amines is 1. The molecule has 0 radical (unpaired) electrons. The first-order valence-electron chi connectivity index (χ1n) is 9.82. The van der Waals surface area contributed by atoms with E-state index in [9.17, 15) is 4.39 Å². The molecule has 1 unspecified atom stereocenters. The fourth-order valence-corrected chi connectivity index (χ4v) is 4.61. The van der Waals surface area contributed by atoms with Gasteiger partial charge in [0.15, 0.2) is 0 Å². The monoisotopic (exact) mass is 361 g/mol. The predicted molar refractivity (Wildman–Crippen MR) is 105 cm³/mol. The normalized spacial score (nSPS) is 19.6. The van der Waals surface area contributed by atoms with E-state index in [0.717, 1.165) is 44.6 Å². The molecular weight excluding hydrogens is 337 g/mol. The van der Waals surface area contributed by atoms with E-state index in [4.69, 9.17) is 4.98 Å². The van der Waals surface area contributed by atoms with Crippen molar-refractivity contribution in [2.24, 2.45) is 0 Å². The third kappa shape index (κ3) is 3.08. The van der Waals surface area contributed by atoms with Crippen LogP contribution < -0.4 is 0 Å². The summed E-state index contributed by atoms with van der Waals surface area (Å²) >= 11 is 0. The predicted octanol–water partition coefficient (Wildman–Crippen LogP) is 4.44. The molecule has 0 spiro atoms. The number of halogens is 1. The Kier molecular flexibility index (Phi) is 4.09. The second-order valence-electron chi connectivity index (χ2n) is 7.86. The molecule has 4 heteroatoms. The Morgan fingerprint density at radius 2 is 2.00 bits per heavy atom. The minimum Gasteiger partial charge on any atom is -0.341 e. The van der Waals surface area contributed by atoms with Crippen LogP contribution in [-0.2, 0) is 25.8 Å². The van der Waals surface area contributed by atoms with Crippen LogP contribution in [0.5, 0.6) is 0 Å². The lowest BCUT2D eigenvalue weighted by Gasteiger charge is -2.37. The van der Waals surface area contributed by atoms with Crippen molar-refractivity contribution in [3.63, 3.8) is 0 Å². The smallest absolute Gasteiger partial charge is 0.138 e. The average molecular weight is 361 g/mol. The summed E-state index contributed by atoms with van der Waals surface area (Å²) in [5, 5.41) is 0. The molecule has 1 N–H and O–H groups in total. The molecular formula is C23H24FN3. The summed E-state index contributed by atoms with van der Waals surface area (Å²) in [6, 6.07) is 14.1. The topological polar surface area (TPSA) is 31.9 Å². The SMILES string of the molecule is Cc1ccccc1-c1nc2c([nH]1)CN(C1CCc3ccc(F)cc3C1)CC2. The zero-order chi connectivity index (χ0) is 18.4. The van der Waals surface area contributed by atoms with Crippen LogP contribution in [0.2, 0.25) is 0 Å². The lowest BCUT2D eigenvalue weighted by atomic mass is 9.87. The lowest BCUT2D eigenvalue weighted by Crippen LogP contribution is -2.42. The van der Waals surface area contributed by atoms with Gasteiger partial charge in [0.1, 0.15) is 11.6 Å². The molecule has 1 aliphatic heterocycles. The highest BCUT2D eigenvalue weighted by molar-refractivity contribution is 5.60. The van der Waals surface area contributed by atoms with Crippen LogP contribution in [-0.4, -0.2) is 27.5 Å². The number of hydrogen-bond donors (Lipinski definition) is 1. The molecule has 1 atom stereocenters. The molecule has 27 heavy (non-hydrogen) atoms. The van der Waals surface area contributed by atoms with E-state index >= 15 is 0 Å². The fraction of sp³-hybridized carbons (Fsp3) is 0.348. The number of rotatable bonds is 2. The van der Waals surface area contributed by atoms with Gasteiger partial charge in [-0.1, -0.05) is 30.3 Å². The van der Waals surface area contributed by atoms with Gasteiger partial charge < -0.3 is 4.98 Å². The van der Waals surface area contributed by atoms with E-state index in [2.05, 4.69) is 41.1 Å². The van der Waals surface area contributed by atoms with Crippen molar-refractivity contribution >= 4 is 0 Å². The summed E-state index contributed by atoms with van der Waals surface area (Å²) in [6.45, 7) is 4.06. The molecule has 0 fully saturated rings. The number of imidazole rings is 1. The zero-order valence-electron chi connectivity index (χ0n) is 15.6. The third-order valence-electron chi connectivity index (χ3n) is 6.15. The van der Waals surface area contributed by atoms with Gasteiger partial charge in [-0.25, -0.2) is 9.37 Å². The number of nitrogens with zero attached hydrogens (tertiary/aromatic N) is 2. The highest BCUT2D eigenvalue weighted by Crippen LogP contribution is 2.30. The first-order chi connectivity index (χ1) is 13.2. The minimum atomic E-state index is -0.119. The molecule has 2 aromatic carbocycles. The first-order valence-corrected chi connectivity index (χ1v) is 9.82. The summed E-state index contributed by atoms with van der Waals surface area (Å²) in [7, 11) is 0. The number of fused-ring (bicyclic) bond motifs is 2. The van der Waals surface area contributed by atoms with Gasteiger partial charge in [0, 0.05) is 31.1 Å². The van der Waals surface area contributed by atoms with Crippen LogP contribution in [0.1, 0.15) is 34.5 Å². The van der Waals surface area contributed by atoms with Gasteiger partial charge in [0.25, 0.3) is 0 Å². The first kappa shape index (κ1) is 16.7. The molecule has 0 saturated carbocycles. The average Bonchev–Trinajstić information content (AvgIpc) is 3.10. The Morgan fingerprint density at radius 3 is 2.89 bits per heavy atom. The van der Waals surface area contributed by atoms with Gasteiger partial charge >= 0.3 is 0 Å². The molecule has 0 amide bonds. The molecule has 2 aliphatic rings. The summed E-state index contributed by atoms with van der Waals surface area (Å²) in [5.74, 6) is 0.864. The van der Waals surface area contributed by atoms with Crippen molar-refractivity contribution in [1.29, 1.82) is 0 Å². The Hall–Kier alpha value is -2.46. The Balaban J connectivity index is 1.37. The molecule has 1 aliphatic carbocycles. The Labute approximate surface area is 159 Å². The van der Waals surface area contributed by atoms with Gasteiger partial charge in [-0.3, -0.25) is 4.90 Å². The number of nitrogens with one attached hydrogen (secondary N) is 1. The lowest BCUT2D eigenvalue weighted by molar-refractivity contribution is 0.160. The zero-order valence-corrected chi connectivity index (χ0v) is 15.6. The quantitative estimate of drug-likeness (QED) is 0.732. The van der Waals surface area contributed by atoms with Crippen LogP contribution in [0.4, 0.5) is 4.39 Å². The molecule has 5 rings (SSSR count). The maximum Gasteiger partial charge on any atom is 0.138 e. The van der Waals surface area contributed by atoms with E-state index < -0.39 is 0 Å². The summed E-state index contributed by atoms with van der Waals surface area (Å²) in [5.41, 5.74) is 7.36. The van der Waals surface area contributed by atoms with Gasteiger partial charge in [0.05, 0.1) is 11.4 Å². The van der Waals surface area contributed by atoms with E-state index in [1.807, 2.05) is 6.07 Å². The van der Waals surface area contributed by atoms with Crippen LogP contribution in [0.25, 0.3) is 11.4 Å². The van der Waals surface area contributed by atoms with Crippen LogP contribution in [0, 0.1) is 12.7 Å². The minimum absolute atomic E-state index is 0.119. The van der Waals surface area contributed by atoms with Crippen LogP contribution in [0.3, 0.4) is 0 Å². The van der Waals surface area contributed by atoms with Crippen molar-refractivity contribution in [2.75, 3.05) is 6.54 Å². The highest BCUT2D eigenvalue weighted by Gasteiger charge is 2.29. The maximum absolute atomic E-state index is 13.6. The van der Waals surface area contributed by atoms with Gasteiger partial charge in [-0.15, -0.1) is 0 Å². The third-order valence-corrected chi connectivity index (χ3v) is 6.15. The Bertz CT molecular complexity index is 991. The maximum atomic E-state index is 13.6. The number of aromatic nitrogens is 2. The molecule has 2 heterocycles.